The third kappa shape index (κ3) is 2.61. The van der Waals surface area contributed by atoms with Crippen LogP contribution in [0.2, 0.25) is 0 Å². The summed E-state index contributed by atoms with van der Waals surface area (Å²) >= 11 is 0. The summed E-state index contributed by atoms with van der Waals surface area (Å²) in [6.45, 7) is 0. The zero-order valence-corrected chi connectivity index (χ0v) is 11.6. The van der Waals surface area contributed by atoms with Crippen molar-refractivity contribution in [3.63, 3.8) is 0 Å². The Hall–Kier alpha value is -2.73. The van der Waals surface area contributed by atoms with E-state index in [1.54, 1.807) is 0 Å². The van der Waals surface area contributed by atoms with E-state index in [-0.39, 0.29) is 17.9 Å². The molecule has 2 aromatic carbocycles. The predicted octanol–water partition coefficient (Wildman–Crippen LogP) is 3.63. The second kappa shape index (κ2) is 5.72. The van der Waals surface area contributed by atoms with Gasteiger partial charge in [-0.15, -0.1) is 0 Å². The van der Waals surface area contributed by atoms with Gasteiger partial charge < -0.3 is 10.5 Å². The SMILES string of the molecule is N#CC1=C(N)O[C@H](c2ccccc2)C[C@H]1c1ccccc1. The number of hydrogen-bond donors (Lipinski definition) is 1. The quantitative estimate of drug-likeness (QED) is 0.911. The number of nitrogens with zero attached hydrogens (tertiary/aromatic N) is 1. The Bertz CT molecular complexity index is 686. The Morgan fingerprint density at radius 3 is 2.10 bits per heavy atom. The van der Waals surface area contributed by atoms with Gasteiger partial charge in [-0.05, 0) is 11.1 Å². The van der Waals surface area contributed by atoms with Crippen molar-refractivity contribution in [1.82, 2.24) is 0 Å². The largest absolute Gasteiger partial charge is 0.470 e. The summed E-state index contributed by atoms with van der Waals surface area (Å²) < 4.78 is 5.76. The highest BCUT2D eigenvalue weighted by Gasteiger charge is 2.31. The van der Waals surface area contributed by atoms with Gasteiger partial charge in [-0.3, -0.25) is 0 Å². The van der Waals surface area contributed by atoms with Crippen LogP contribution in [-0.2, 0) is 4.74 Å². The summed E-state index contributed by atoms with van der Waals surface area (Å²) in [6, 6.07) is 22.2. The third-order valence-corrected chi connectivity index (χ3v) is 3.83. The molecular weight excluding hydrogens is 260 g/mol. The molecule has 0 unspecified atom stereocenters. The first-order valence-corrected chi connectivity index (χ1v) is 6.96. The standard InChI is InChI=1S/C18H16N2O/c19-12-16-15(13-7-3-1-4-8-13)11-17(21-18(16)20)14-9-5-2-6-10-14/h1-10,15,17H,11,20H2/t15-,17-/m0/s1. The van der Waals surface area contributed by atoms with Crippen LogP contribution in [0.15, 0.2) is 72.1 Å². The molecule has 1 heterocycles. The molecule has 0 saturated heterocycles. The predicted molar refractivity (Wildman–Crippen MR) is 80.9 cm³/mol. The van der Waals surface area contributed by atoms with Crippen LogP contribution in [0.5, 0.6) is 0 Å². The van der Waals surface area contributed by atoms with Gasteiger partial charge in [0, 0.05) is 12.3 Å². The van der Waals surface area contributed by atoms with E-state index in [4.69, 9.17) is 10.5 Å². The summed E-state index contributed by atoms with van der Waals surface area (Å²) in [4.78, 5) is 0. The molecule has 1 aliphatic rings. The van der Waals surface area contributed by atoms with E-state index in [0.717, 1.165) is 17.5 Å². The van der Waals surface area contributed by atoms with Gasteiger partial charge in [0.25, 0.3) is 0 Å². The van der Waals surface area contributed by atoms with Crippen molar-refractivity contribution in [1.29, 1.82) is 5.26 Å². The van der Waals surface area contributed by atoms with Gasteiger partial charge in [0.1, 0.15) is 12.2 Å². The van der Waals surface area contributed by atoms with Crippen molar-refractivity contribution in [3.05, 3.63) is 83.2 Å². The molecule has 0 radical (unpaired) electrons. The Morgan fingerprint density at radius 1 is 0.952 bits per heavy atom. The third-order valence-electron chi connectivity index (χ3n) is 3.83. The molecular formula is C18H16N2O. The summed E-state index contributed by atoms with van der Waals surface area (Å²) in [5.41, 5.74) is 8.68. The van der Waals surface area contributed by atoms with E-state index in [1.165, 1.54) is 0 Å². The van der Waals surface area contributed by atoms with Crippen LogP contribution in [0.1, 0.15) is 29.6 Å². The summed E-state index contributed by atoms with van der Waals surface area (Å²) in [5, 5.41) is 9.38. The summed E-state index contributed by atoms with van der Waals surface area (Å²) in [6.07, 6.45) is 0.603. The maximum Gasteiger partial charge on any atom is 0.199 e. The molecule has 2 aromatic rings. The average molecular weight is 276 g/mol. The van der Waals surface area contributed by atoms with Crippen LogP contribution in [0.25, 0.3) is 0 Å². The Morgan fingerprint density at radius 2 is 1.52 bits per heavy atom. The lowest BCUT2D eigenvalue weighted by atomic mass is 9.84. The monoisotopic (exact) mass is 276 g/mol. The smallest absolute Gasteiger partial charge is 0.199 e. The number of nitrogens with two attached hydrogens (primary N) is 1. The minimum Gasteiger partial charge on any atom is -0.470 e. The molecule has 3 rings (SSSR count). The molecule has 3 heteroatoms. The second-order valence-corrected chi connectivity index (χ2v) is 5.11. The second-order valence-electron chi connectivity index (χ2n) is 5.11. The van der Waals surface area contributed by atoms with Crippen molar-refractivity contribution in [2.75, 3.05) is 0 Å². The van der Waals surface area contributed by atoms with E-state index in [0.29, 0.717) is 5.57 Å². The van der Waals surface area contributed by atoms with E-state index in [2.05, 4.69) is 6.07 Å². The molecule has 21 heavy (non-hydrogen) atoms. The van der Waals surface area contributed by atoms with Crippen LogP contribution in [0, 0.1) is 11.3 Å². The molecule has 0 amide bonds. The highest BCUT2D eigenvalue weighted by atomic mass is 16.5. The van der Waals surface area contributed by atoms with Gasteiger partial charge in [0.2, 0.25) is 0 Å². The van der Waals surface area contributed by atoms with Crippen molar-refractivity contribution < 1.29 is 4.74 Å². The molecule has 0 aliphatic carbocycles. The minimum absolute atomic E-state index is 0.0184. The van der Waals surface area contributed by atoms with Crippen LogP contribution in [0.3, 0.4) is 0 Å². The molecule has 0 saturated carbocycles. The van der Waals surface area contributed by atoms with E-state index in [1.807, 2.05) is 60.7 Å². The van der Waals surface area contributed by atoms with Crippen molar-refractivity contribution in [2.24, 2.45) is 5.73 Å². The maximum absolute atomic E-state index is 9.38. The highest BCUT2D eigenvalue weighted by molar-refractivity contribution is 5.40. The van der Waals surface area contributed by atoms with Crippen LogP contribution >= 0.6 is 0 Å². The molecule has 104 valence electrons. The number of hydrogen-bond acceptors (Lipinski definition) is 3. The Labute approximate surface area is 124 Å². The summed E-state index contributed by atoms with van der Waals surface area (Å²) in [5.74, 6) is 0.224. The fraction of sp³-hybridized carbons (Fsp3) is 0.167. The molecule has 0 fully saturated rings. The van der Waals surface area contributed by atoms with Crippen LogP contribution in [0.4, 0.5) is 0 Å². The first-order chi connectivity index (χ1) is 10.3. The Kier molecular flexibility index (Phi) is 3.61. The van der Waals surface area contributed by atoms with E-state index >= 15 is 0 Å². The maximum atomic E-state index is 9.38. The minimum atomic E-state index is -0.117. The first kappa shape index (κ1) is 13.3. The molecule has 1 aliphatic heterocycles. The van der Waals surface area contributed by atoms with Gasteiger partial charge in [0.15, 0.2) is 5.88 Å². The molecule has 0 bridgehead atoms. The number of ether oxygens (including phenoxy) is 1. The average Bonchev–Trinajstić information content (AvgIpc) is 2.55. The van der Waals surface area contributed by atoms with Crippen molar-refractivity contribution >= 4 is 0 Å². The molecule has 2 N–H and O–H groups in total. The van der Waals surface area contributed by atoms with Gasteiger partial charge in [0.05, 0.1) is 5.57 Å². The molecule has 2 atom stereocenters. The normalized spacial score (nSPS) is 21.5. The number of rotatable bonds is 2. The fourth-order valence-corrected chi connectivity index (χ4v) is 2.76. The van der Waals surface area contributed by atoms with Crippen molar-refractivity contribution in [3.8, 4) is 6.07 Å². The van der Waals surface area contributed by atoms with Crippen LogP contribution in [-0.4, -0.2) is 0 Å². The van der Waals surface area contributed by atoms with E-state index < -0.39 is 0 Å². The van der Waals surface area contributed by atoms with E-state index in [9.17, 15) is 5.26 Å². The topological polar surface area (TPSA) is 59.0 Å². The zero-order valence-electron chi connectivity index (χ0n) is 11.6. The number of nitriles is 1. The van der Waals surface area contributed by atoms with Crippen molar-refractivity contribution in [2.45, 2.75) is 18.4 Å². The van der Waals surface area contributed by atoms with Crippen LogP contribution < -0.4 is 5.73 Å². The highest BCUT2D eigenvalue weighted by Crippen LogP contribution is 2.41. The van der Waals surface area contributed by atoms with Gasteiger partial charge in [-0.2, -0.15) is 5.26 Å². The fourth-order valence-electron chi connectivity index (χ4n) is 2.76. The summed E-state index contributed by atoms with van der Waals surface area (Å²) in [7, 11) is 0. The Balaban J connectivity index is 1.99. The molecule has 0 spiro atoms. The molecule has 3 nitrogen and oxygen atoms in total. The first-order valence-electron chi connectivity index (χ1n) is 6.96. The lowest BCUT2D eigenvalue weighted by molar-refractivity contribution is 0.0838. The lowest BCUT2D eigenvalue weighted by Crippen LogP contribution is -2.23. The lowest BCUT2D eigenvalue weighted by Gasteiger charge is -2.30. The van der Waals surface area contributed by atoms with Gasteiger partial charge in [-0.25, -0.2) is 0 Å². The zero-order chi connectivity index (χ0) is 14.7. The van der Waals surface area contributed by atoms with Gasteiger partial charge in [-0.1, -0.05) is 60.7 Å². The number of allylic oxidation sites excluding steroid dienone is 1. The van der Waals surface area contributed by atoms with Gasteiger partial charge >= 0.3 is 0 Å². The molecule has 0 aromatic heterocycles. The number of benzene rings is 2.